The average molecular weight is 1510 g/mol. The number of rotatable bonds is 41. The molecule has 0 radical (unpaired) electrons. The summed E-state index contributed by atoms with van der Waals surface area (Å²) in [7, 11) is 0. The smallest absolute Gasteiger partial charge is 0.133 e. The van der Waals surface area contributed by atoms with Crippen molar-refractivity contribution in [3.63, 3.8) is 0 Å². The van der Waals surface area contributed by atoms with E-state index in [2.05, 4.69) is 128 Å². The van der Waals surface area contributed by atoms with E-state index in [0.29, 0.717) is 33.0 Å². The molecule has 3 fully saturated rings. The normalized spacial score (nSPS) is 24.2. The molecule has 108 heavy (non-hydrogen) atoms. The van der Waals surface area contributed by atoms with Crippen molar-refractivity contribution in [1.29, 1.82) is 0 Å². The van der Waals surface area contributed by atoms with Crippen LogP contribution in [-0.4, -0.2) is 113 Å². The van der Waals surface area contributed by atoms with Gasteiger partial charge in [0.15, 0.2) is 0 Å². The number of hydrogen-bond acceptors (Lipinski definition) is 16. The lowest BCUT2D eigenvalue weighted by Crippen LogP contribution is -2.64. The topological polar surface area (TPSA) is 120 Å². The summed E-state index contributed by atoms with van der Waals surface area (Å²) in [4.78, 5) is 0. The largest absolute Gasteiger partial charge is 0.374 e. The Kier molecular flexibility index (Phi) is 31.4. The minimum Gasteiger partial charge on any atom is -0.374 e. The summed E-state index contributed by atoms with van der Waals surface area (Å²) in [5.41, 5.74) is 8.07. The maximum absolute atomic E-state index is 8.04. The van der Waals surface area contributed by atoms with Crippen LogP contribution in [0.2, 0.25) is 0 Å². The summed E-state index contributed by atoms with van der Waals surface area (Å²) in [5, 5.41) is -1.11. The lowest BCUT2D eigenvalue weighted by molar-refractivity contribution is -0.255. The maximum atomic E-state index is 8.04. The number of allylic oxidation sites excluding steroid dienone is 1. The third kappa shape index (κ3) is 23.7. The molecule has 0 bridgehead atoms. The SMILES string of the molecule is C=CCCS[C@@H]1O[C@H](COCc2ccccc2)[C@@H](S[C@@H]2O[C@H](COCc3ccccc3)[C@H](S[C@H]3O[C@H](COCc4ccccc4)[C@H](OCc4ccccc4)[C@H](OCc4ccccc4)[C@H]3OCc3ccccc3)[C@H](OCc3ccccc3)[C@H]2OCc2ccccc2)[C@H](OCc2ccccc2)[C@H]1OCc1ccccc1. The second-order valence-electron chi connectivity index (χ2n) is 27.1. The van der Waals surface area contributed by atoms with Gasteiger partial charge in [-0.15, -0.1) is 41.9 Å². The summed E-state index contributed by atoms with van der Waals surface area (Å²) in [6.07, 6.45) is -4.16. The Morgan fingerprint density at radius 2 is 0.472 bits per heavy atom. The standard InChI is InChI=1S/C92H98O13S3/c1-2-3-54-106-90-86(101-63-76-50-30-12-31-51-76)83(98-60-73-44-24-9-25-45-73)88(79(104-90)66-94-56-69-36-16-5-17-37-69)108-92-87(102-64-77-52-32-13-33-53-77)84(99-61-74-46-26-10-27-47-74)89(80(105-92)67-95-57-70-38-18-6-19-39-70)107-91-85(100-62-75-48-28-11-29-49-75)82(97-59-72-42-22-8-23-43-72)81(96-58-71-40-20-7-21-41-71)78(103-91)65-93-55-68-34-14-4-15-35-68/h2,4-53,78-92H,1,3,54-67H2/t78-,79-,80-,81+,82+,83-,84-,85-,86-,87-,88-,89+,90+,91-,92+/m1/s1. The van der Waals surface area contributed by atoms with Gasteiger partial charge in [-0.3, -0.25) is 0 Å². The van der Waals surface area contributed by atoms with Crippen molar-refractivity contribution in [2.45, 2.75) is 160 Å². The lowest BCUT2D eigenvalue weighted by Gasteiger charge is -2.52. The molecule has 13 nitrogen and oxygen atoms in total. The van der Waals surface area contributed by atoms with Crippen LogP contribution in [0.4, 0.5) is 0 Å². The van der Waals surface area contributed by atoms with Crippen molar-refractivity contribution in [2.24, 2.45) is 0 Å². The van der Waals surface area contributed by atoms with Gasteiger partial charge >= 0.3 is 0 Å². The molecule has 562 valence electrons. The van der Waals surface area contributed by atoms with Gasteiger partial charge < -0.3 is 61.6 Å². The molecule has 16 heteroatoms. The summed E-state index contributed by atoms with van der Waals surface area (Å²) in [6, 6.07) is 103. The van der Waals surface area contributed by atoms with E-state index in [1.54, 1.807) is 35.3 Å². The first-order valence-electron chi connectivity index (χ1n) is 37.5. The summed E-state index contributed by atoms with van der Waals surface area (Å²) in [6.45, 7) is 7.55. The second kappa shape index (κ2) is 43.2. The Morgan fingerprint density at radius 1 is 0.250 bits per heavy atom. The molecule has 3 heterocycles. The zero-order chi connectivity index (χ0) is 73.4. The number of benzene rings is 10. The molecule has 0 aromatic heterocycles. The highest BCUT2D eigenvalue weighted by atomic mass is 32.2. The zero-order valence-electron chi connectivity index (χ0n) is 61.0. The molecular formula is C92H98O13S3. The predicted octanol–water partition coefficient (Wildman–Crippen LogP) is 18.4. The van der Waals surface area contributed by atoms with E-state index in [0.717, 1.165) is 67.8 Å². The van der Waals surface area contributed by atoms with E-state index in [9.17, 15) is 0 Å². The second-order valence-corrected chi connectivity index (χ2v) is 30.9. The molecular weight excluding hydrogens is 1410 g/mol. The number of ether oxygens (including phenoxy) is 13. The van der Waals surface area contributed by atoms with E-state index in [-0.39, 0.29) is 52.9 Å². The first kappa shape index (κ1) is 78.6. The van der Waals surface area contributed by atoms with Gasteiger partial charge in [-0.1, -0.05) is 309 Å². The van der Waals surface area contributed by atoms with Gasteiger partial charge in [0, 0.05) is 0 Å². The monoisotopic (exact) mass is 1510 g/mol. The minimum absolute atomic E-state index is 0.145. The van der Waals surface area contributed by atoms with Crippen molar-refractivity contribution >= 4 is 35.3 Å². The third-order valence-corrected chi connectivity index (χ3v) is 23.4. The summed E-state index contributed by atoms with van der Waals surface area (Å²) >= 11 is 4.95. The van der Waals surface area contributed by atoms with Crippen molar-refractivity contribution in [1.82, 2.24) is 0 Å². The molecule has 15 atom stereocenters. The molecule has 0 spiro atoms. The Balaban J connectivity index is 0.941. The van der Waals surface area contributed by atoms with Crippen LogP contribution in [0, 0.1) is 0 Å². The molecule has 13 rings (SSSR count). The van der Waals surface area contributed by atoms with E-state index in [1.165, 1.54) is 0 Å². The lowest BCUT2D eigenvalue weighted by atomic mass is 9.98. The summed E-state index contributed by atoms with van der Waals surface area (Å²) < 4.78 is 96.4. The van der Waals surface area contributed by atoms with E-state index >= 15 is 0 Å². The molecule has 10 aromatic rings. The zero-order valence-corrected chi connectivity index (χ0v) is 63.4. The van der Waals surface area contributed by atoms with Gasteiger partial charge in [0.2, 0.25) is 0 Å². The van der Waals surface area contributed by atoms with Crippen LogP contribution >= 0.6 is 35.3 Å². The Labute approximate surface area is 650 Å². The van der Waals surface area contributed by atoms with Crippen LogP contribution in [0.3, 0.4) is 0 Å². The van der Waals surface area contributed by atoms with Gasteiger partial charge in [0.1, 0.15) is 65.1 Å². The summed E-state index contributed by atoms with van der Waals surface area (Å²) in [5.74, 6) is 0.747. The van der Waals surface area contributed by atoms with Crippen LogP contribution in [0.5, 0.6) is 0 Å². The van der Waals surface area contributed by atoms with Gasteiger partial charge in [-0.05, 0) is 67.8 Å². The van der Waals surface area contributed by atoms with E-state index in [1.807, 2.05) is 188 Å². The van der Waals surface area contributed by atoms with E-state index in [4.69, 9.17) is 61.6 Å². The third-order valence-electron chi connectivity index (χ3n) is 19.1. The fourth-order valence-electron chi connectivity index (χ4n) is 13.6. The molecule has 10 aromatic carbocycles. The van der Waals surface area contributed by atoms with Gasteiger partial charge in [-0.25, -0.2) is 0 Å². The van der Waals surface area contributed by atoms with E-state index < -0.39 is 87.8 Å². The van der Waals surface area contributed by atoms with Crippen molar-refractivity contribution in [2.75, 3.05) is 25.6 Å². The van der Waals surface area contributed by atoms with Crippen molar-refractivity contribution in [3.8, 4) is 0 Å². The highest BCUT2D eigenvalue weighted by Crippen LogP contribution is 2.48. The van der Waals surface area contributed by atoms with Crippen LogP contribution in [0.1, 0.15) is 62.1 Å². The average Bonchev–Trinajstić information content (AvgIpc) is 0.763. The molecule has 0 amide bonds. The molecule has 0 unspecified atom stereocenters. The number of thioether (sulfide) groups is 3. The predicted molar refractivity (Wildman–Crippen MR) is 429 cm³/mol. The van der Waals surface area contributed by atoms with Crippen molar-refractivity contribution in [3.05, 3.63) is 372 Å². The first-order valence-corrected chi connectivity index (χ1v) is 40.4. The molecule has 0 N–H and O–H groups in total. The molecule has 3 aliphatic heterocycles. The van der Waals surface area contributed by atoms with Crippen LogP contribution < -0.4 is 0 Å². The molecule has 0 aliphatic carbocycles. The molecule has 0 saturated carbocycles. The quantitative estimate of drug-likeness (QED) is 0.0267. The highest BCUT2D eigenvalue weighted by Gasteiger charge is 2.57. The highest BCUT2D eigenvalue weighted by molar-refractivity contribution is 8.01. The van der Waals surface area contributed by atoms with Gasteiger partial charge in [-0.2, -0.15) is 0 Å². The number of hydrogen-bond donors (Lipinski definition) is 0. The fraction of sp³-hybridized carbons (Fsp3) is 0.326. The van der Waals surface area contributed by atoms with Gasteiger partial charge in [0.25, 0.3) is 0 Å². The fourth-order valence-corrected chi connectivity index (χ4v) is 18.0. The van der Waals surface area contributed by atoms with Crippen LogP contribution in [0.25, 0.3) is 0 Å². The first-order chi connectivity index (χ1) is 53.5. The Hall–Kier alpha value is -7.53. The minimum atomic E-state index is -0.796. The van der Waals surface area contributed by atoms with Crippen LogP contribution in [0.15, 0.2) is 316 Å². The maximum Gasteiger partial charge on any atom is 0.133 e. The molecule has 3 aliphatic rings. The van der Waals surface area contributed by atoms with Crippen LogP contribution in [-0.2, 0) is 128 Å². The Morgan fingerprint density at radius 3 is 0.769 bits per heavy atom. The Bertz CT molecular complexity index is 4080. The molecule has 3 saturated heterocycles. The van der Waals surface area contributed by atoms with Crippen molar-refractivity contribution < 1.29 is 61.6 Å². The van der Waals surface area contributed by atoms with Gasteiger partial charge in [0.05, 0.1) is 109 Å².